The lowest BCUT2D eigenvalue weighted by atomic mass is 10.1. The van der Waals surface area contributed by atoms with Crippen LogP contribution >= 0.6 is 0 Å². The maximum absolute atomic E-state index is 9.45. The Morgan fingerprint density at radius 2 is 1.53 bits per heavy atom. The number of hydrogen-bond acceptors (Lipinski definition) is 4. The fraction of sp³-hybridized carbons (Fsp3) is 1.00. The van der Waals surface area contributed by atoms with Crippen LogP contribution in [0.2, 0.25) is 0 Å². The predicted molar refractivity (Wildman–Crippen MR) is 77.2 cm³/mol. The van der Waals surface area contributed by atoms with E-state index in [9.17, 15) is 5.11 Å². The molecule has 0 aromatic heterocycles. The second-order valence-corrected chi connectivity index (χ2v) is 5.86. The topological polar surface area (TPSA) is 35.9 Å². The van der Waals surface area contributed by atoms with Crippen molar-refractivity contribution in [2.45, 2.75) is 51.2 Å². The van der Waals surface area contributed by atoms with Crippen LogP contribution in [0.25, 0.3) is 0 Å². The number of piperidine rings is 2. The van der Waals surface area contributed by atoms with Gasteiger partial charge in [0, 0.05) is 19.6 Å². The summed E-state index contributed by atoms with van der Waals surface area (Å²) in [6.07, 6.45) is 8.94. The van der Waals surface area contributed by atoms with E-state index in [1.54, 1.807) is 0 Å². The summed E-state index contributed by atoms with van der Waals surface area (Å²) < 4.78 is 5.87. The molecule has 0 saturated carbocycles. The number of aliphatic hydroxyl groups excluding tert-OH is 1. The van der Waals surface area contributed by atoms with Gasteiger partial charge in [0.15, 0.2) is 0 Å². The fourth-order valence-corrected chi connectivity index (χ4v) is 3.17. The zero-order valence-corrected chi connectivity index (χ0v) is 12.2. The van der Waals surface area contributed by atoms with E-state index < -0.39 is 0 Å². The molecule has 2 fully saturated rings. The summed E-state index contributed by atoms with van der Waals surface area (Å²) in [6.45, 7) is 6.74. The van der Waals surface area contributed by atoms with Gasteiger partial charge in [-0.05, 0) is 45.2 Å². The minimum absolute atomic E-state index is 0.0679. The Balaban J connectivity index is 1.57. The van der Waals surface area contributed by atoms with Crippen LogP contribution in [-0.2, 0) is 4.74 Å². The van der Waals surface area contributed by atoms with Gasteiger partial charge < -0.3 is 14.7 Å². The van der Waals surface area contributed by atoms with Crippen LogP contribution in [0.5, 0.6) is 0 Å². The van der Waals surface area contributed by atoms with E-state index in [0.29, 0.717) is 0 Å². The van der Waals surface area contributed by atoms with Gasteiger partial charge in [-0.3, -0.25) is 4.90 Å². The molecule has 0 aromatic carbocycles. The van der Waals surface area contributed by atoms with Crippen LogP contribution in [0.3, 0.4) is 0 Å². The molecule has 0 aromatic rings. The van der Waals surface area contributed by atoms with Crippen molar-refractivity contribution in [1.82, 2.24) is 9.80 Å². The number of ether oxygens (including phenoxy) is 1. The van der Waals surface area contributed by atoms with Gasteiger partial charge in [-0.15, -0.1) is 0 Å². The zero-order chi connectivity index (χ0) is 13.3. The van der Waals surface area contributed by atoms with Crippen molar-refractivity contribution in [3.63, 3.8) is 0 Å². The highest BCUT2D eigenvalue weighted by molar-refractivity contribution is 4.68. The molecule has 1 atom stereocenters. The quantitative estimate of drug-likeness (QED) is 0.714. The first-order valence-electron chi connectivity index (χ1n) is 8.09. The highest BCUT2D eigenvalue weighted by atomic mass is 16.5. The van der Waals surface area contributed by atoms with Gasteiger partial charge >= 0.3 is 0 Å². The van der Waals surface area contributed by atoms with Crippen molar-refractivity contribution in [2.24, 2.45) is 0 Å². The molecule has 4 nitrogen and oxygen atoms in total. The van der Waals surface area contributed by atoms with Gasteiger partial charge in [0.1, 0.15) is 6.23 Å². The molecule has 1 unspecified atom stereocenters. The molecule has 2 rings (SSSR count). The van der Waals surface area contributed by atoms with Crippen LogP contribution in [0.1, 0.15) is 44.9 Å². The third-order valence-electron chi connectivity index (χ3n) is 4.33. The first-order chi connectivity index (χ1) is 9.40. The molecular formula is C15H30N2O2. The molecule has 0 radical (unpaired) electrons. The predicted octanol–water partition coefficient (Wildman–Crippen LogP) is 1.68. The smallest absolute Gasteiger partial charge is 0.133 e. The number of nitrogens with zero attached hydrogens (tertiary/aromatic N) is 2. The molecule has 19 heavy (non-hydrogen) atoms. The summed E-state index contributed by atoms with van der Waals surface area (Å²) in [7, 11) is 0. The first-order valence-corrected chi connectivity index (χ1v) is 8.09. The van der Waals surface area contributed by atoms with E-state index in [1.807, 2.05) is 0 Å². The molecular weight excluding hydrogens is 240 g/mol. The van der Waals surface area contributed by atoms with Gasteiger partial charge in [0.05, 0.1) is 13.2 Å². The summed E-state index contributed by atoms with van der Waals surface area (Å²) in [4.78, 5) is 4.84. The Morgan fingerprint density at radius 1 is 0.895 bits per heavy atom. The Hall–Kier alpha value is -0.160. The molecule has 2 aliphatic rings. The summed E-state index contributed by atoms with van der Waals surface area (Å²) in [5, 5.41) is 9.45. The van der Waals surface area contributed by atoms with Crippen LogP contribution < -0.4 is 0 Å². The number of rotatable bonds is 7. The lowest BCUT2D eigenvalue weighted by Gasteiger charge is -2.33. The monoisotopic (exact) mass is 270 g/mol. The van der Waals surface area contributed by atoms with E-state index in [4.69, 9.17) is 4.74 Å². The minimum Gasteiger partial charge on any atom is -0.392 e. The third-order valence-corrected chi connectivity index (χ3v) is 4.33. The maximum atomic E-state index is 9.45. The molecule has 2 aliphatic heterocycles. The summed E-state index contributed by atoms with van der Waals surface area (Å²) in [6, 6.07) is 0. The van der Waals surface area contributed by atoms with Crippen molar-refractivity contribution in [1.29, 1.82) is 0 Å². The van der Waals surface area contributed by atoms with Crippen molar-refractivity contribution in [3.05, 3.63) is 0 Å². The molecule has 4 heteroatoms. The second-order valence-electron chi connectivity index (χ2n) is 5.86. The summed E-state index contributed by atoms with van der Waals surface area (Å²) in [5.74, 6) is 0. The average molecular weight is 270 g/mol. The molecule has 1 N–H and O–H groups in total. The van der Waals surface area contributed by atoms with Gasteiger partial charge in [-0.25, -0.2) is 0 Å². The molecule has 2 saturated heterocycles. The molecule has 112 valence electrons. The van der Waals surface area contributed by atoms with Crippen molar-refractivity contribution < 1.29 is 9.84 Å². The van der Waals surface area contributed by atoms with Crippen molar-refractivity contribution >= 4 is 0 Å². The number of likely N-dealkylation sites (tertiary alicyclic amines) is 2. The Kier molecular flexibility index (Phi) is 7.14. The Labute approximate surface area is 117 Å². The van der Waals surface area contributed by atoms with Gasteiger partial charge in [-0.2, -0.15) is 0 Å². The first kappa shape index (κ1) is 15.2. The maximum Gasteiger partial charge on any atom is 0.133 e. The third kappa shape index (κ3) is 5.38. The van der Waals surface area contributed by atoms with Crippen LogP contribution in [-0.4, -0.2) is 67.1 Å². The van der Waals surface area contributed by atoms with Crippen LogP contribution in [0.15, 0.2) is 0 Å². The average Bonchev–Trinajstić information content (AvgIpc) is 2.49. The summed E-state index contributed by atoms with van der Waals surface area (Å²) in [5.41, 5.74) is 0. The Bertz CT molecular complexity index is 226. The van der Waals surface area contributed by atoms with Crippen molar-refractivity contribution in [3.8, 4) is 0 Å². The van der Waals surface area contributed by atoms with E-state index >= 15 is 0 Å². The van der Waals surface area contributed by atoms with E-state index in [2.05, 4.69) is 9.80 Å². The summed E-state index contributed by atoms with van der Waals surface area (Å²) >= 11 is 0. The molecule has 0 bridgehead atoms. The molecule has 0 spiro atoms. The normalized spacial score (nSPS) is 24.5. The molecule has 0 amide bonds. The largest absolute Gasteiger partial charge is 0.392 e. The van der Waals surface area contributed by atoms with Crippen LogP contribution in [0.4, 0.5) is 0 Å². The minimum atomic E-state index is -0.0679. The number of aliphatic hydroxyl groups is 1. The van der Waals surface area contributed by atoms with E-state index in [1.165, 1.54) is 51.6 Å². The number of hydrogen-bond donors (Lipinski definition) is 1. The fourth-order valence-electron chi connectivity index (χ4n) is 3.17. The molecule has 2 heterocycles. The SMILES string of the molecule is OCC(OCCCN1CCCCC1)N1CCCCC1. The highest BCUT2D eigenvalue weighted by Gasteiger charge is 2.20. The zero-order valence-electron chi connectivity index (χ0n) is 12.2. The second kappa shape index (κ2) is 8.90. The van der Waals surface area contributed by atoms with Crippen LogP contribution in [0, 0.1) is 0 Å². The van der Waals surface area contributed by atoms with Gasteiger partial charge in [0.2, 0.25) is 0 Å². The standard InChI is InChI=1S/C15H30N2O2/c18-14-15(17-11-5-2-6-12-17)19-13-7-10-16-8-3-1-4-9-16/h15,18H,1-14H2. The van der Waals surface area contributed by atoms with Gasteiger partial charge in [0.25, 0.3) is 0 Å². The lowest BCUT2D eigenvalue weighted by molar-refractivity contribution is -0.0944. The van der Waals surface area contributed by atoms with E-state index in [0.717, 1.165) is 32.7 Å². The molecule has 0 aliphatic carbocycles. The Morgan fingerprint density at radius 3 is 2.16 bits per heavy atom. The van der Waals surface area contributed by atoms with Crippen molar-refractivity contribution in [2.75, 3.05) is 45.9 Å². The van der Waals surface area contributed by atoms with Gasteiger partial charge in [-0.1, -0.05) is 12.8 Å². The highest BCUT2D eigenvalue weighted by Crippen LogP contribution is 2.13. The van der Waals surface area contributed by atoms with E-state index in [-0.39, 0.29) is 12.8 Å². The lowest BCUT2D eigenvalue weighted by Crippen LogP contribution is -2.43.